The van der Waals surface area contributed by atoms with Crippen molar-refractivity contribution in [2.45, 2.75) is 12.3 Å². The van der Waals surface area contributed by atoms with Gasteiger partial charge in [-0.2, -0.15) is 13.2 Å². The molecule has 0 saturated heterocycles. The molecule has 0 heterocycles. The molecule has 0 aliphatic heterocycles. The summed E-state index contributed by atoms with van der Waals surface area (Å²) in [6.45, 7) is 2.50. The second-order valence-corrected chi connectivity index (χ2v) is 1.88. The number of ether oxygens (including phenoxy) is 1. The number of aliphatic hydroxyl groups is 1. The molecule has 0 aliphatic rings. The van der Waals surface area contributed by atoms with E-state index in [0.717, 1.165) is 0 Å². The first-order chi connectivity index (χ1) is 4.98. The van der Waals surface area contributed by atoms with E-state index in [1.54, 1.807) is 0 Å². The zero-order valence-corrected chi connectivity index (χ0v) is 5.77. The van der Waals surface area contributed by atoms with E-state index >= 15 is 0 Å². The van der Waals surface area contributed by atoms with Crippen LogP contribution in [0.2, 0.25) is 0 Å². The molecule has 0 spiro atoms. The Morgan fingerprint density at radius 2 is 2.09 bits per heavy atom. The number of halogens is 3. The Labute approximate surface area is 62.3 Å². The molecular weight excluding hydrogens is 161 g/mol. The van der Waals surface area contributed by atoms with Crippen molar-refractivity contribution in [3.8, 4) is 0 Å². The summed E-state index contributed by atoms with van der Waals surface area (Å²) in [6, 6.07) is 0. The molecule has 0 fully saturated rings. The first-order valence-corrected chi connectivity index (χ1v) is 2.92. The van der Waals surface area contributed by atoms with Gasteiger partial charge in [0.1, 0.15) is 0 Å². The Hall–Kier alpha value is -0.550. The minimum atomic E-state index is -4.60. The highest BCUT2D eigenvalue weighted by atomic mass is 19.4. The van der Waals surface area contributed by atoms with E-state index in [9.17, 15) is 13.2 Å². The third kappa shape index (κ3) is 4.80. The molecular formula is C6H9F3O2. The van der Waals surface area contributed by atoms with E-state index in [1.807, 2.05) is 0 Å². The van der Waals surface area contributed by atoms with Crippen LogP contribution in [0.5, 0.6) is 0 Å². The van der Waals surface area contributed by atoms with Crippen molar-refractivity contribution >= 4 is 0 Å². The summed E-state index contributed by atoms with van der Waals surface area (Å²) in [4.78, 5) is 0. The second-order valence-electron chi connectivity index (χ2n) is 1.88. The number of aliphatic hydroxyl groups excluding tert-OH is 1. The van der Waals surface area contributed by atoms with Crippen molar-refractivity contribution in [1.82, 2.24) is 0 Å². The molecule has 5 heteroatoms. The smallest absolute Gasteiger partial charge is 0.382 e. The largest absolute Gasteiger partial charge is 0.416 e. The summed E-state index contributed by atoms with van der Waals surface area (Å²) in [5, 5.41) is 8.33. The summed E-state index contributed by atoms with van der Waals surface area (Å²) in [5.41, 5.74) is 0. The monoisotopic (exact) mass is 170 g/mol. The summed E-state index contributed by atoms with van der Waals surface area (Å²) in [5.74, 6) is 0. The van der Waals surface area contributed by atoms with Gasteiger partial charge in [-0.15, -0.1) is 6.58 Å². The molecule has 0 rings (SSSR count). The SMILES string of the molecule is C=CCOCC(O)C(F)(F)F. The van der Waals surface area contributed by atoms with Gasteiger partial charge in [0.15, 0.2) is 6.10 Å². The Morgan fingerprint density at radius 3 is 2.45 bits per heavy atom. The molecule has 0 aliphatic carbocycles. The van der Waals surface area contributed by atoms with Crippen LogP contribution in [0.15, 0.2) is 12.7 Å². The summed E-state index contributed by atoms with van der Waals surface area (Å²) < 4.78 is 38.9. The van der Waals surface area contributed by atoms with E-state index in [-0.39, 0.29) is 6.61 Å². The summed E-state index contributed by atoms with van der Waals surface area (Å²) in [7, 11) is 0. The summed E-state index contributed by atoms with van der Waals surface area (Å²) >= 11 is 0. The standard InChI is InChI=1S/C6H9F3O2/c1-2-3-11-4-5(10)6(7,8)9/h2,5,10H,1,3-4H2. The fraction of sp³-hybridized carbons (Fsp3) is 0.667. The first kappa shape index (κ1) is 10.4. The summed E-state index contributed by atoms with van der Waals surface area (Å²) in [6.07, 6.45) is -5.69. The number of hydrogen-bond donors (Lipinski definition) is 1. The van der Waals surface area contributed by atoms with Crippen LogP contribution in [-0.2, 0) is 4.74 Å². The second kappa shape index (κ2) is 4.35. The number of rotatable bonds is 4. The molecule has 1 unspecified atom stereocenters. The fourth-order valence-corrected chi connectivity index (χ4v) is 0.357. The van der Waals surface area contributed by atoms with Gasteiger partial charge in [0.2, 0.25) is 0 Å². The van der Waals surface area contributed by atoms with E-state index in [1.165, 1.54) is 6.08 Å². The lowest BCUT2D eigenvalue weighted by Crippen LogP contribution is -2.32. The Kier molecular flexibility index (Phi) is 4.14. The molecule has 66 valence electrons. The van der Waals surface area contributed by atoms with E-state index in [0.29, 0.717) is 0 Å². The lowest BCUT2D eigenvalue weighted by Gasteiger charge is -2.13. The quantitative estimate of drug-likeness (QED) is 0.506. The molecule has 0 bridgehead atoms. The topological polar surface area (TPSA) is 29.5 Å². The molecule has 1 N–H and O–H groups in total. The lowest BCUT2D eigenvalue weighted by molar-refractivity contribution is -0.216. The van der Waals surface area contributed by atoms with Crippen LogP contribution in [-0.4, -0.2) is 30.6 Å². The maximum atomic E-state index is 11.5. The minimum absolute atomic E-state index is 0.00708. The van der Waals surface area contributed by atoms with E-state index in [2.05, 4.69) is 11.3 Å². The van der Waals surface area contributed by atoms with Crippen molar-refractivity contribution in [2.24, 2.45) is 0 Å². The van der Waals surface area contributed by atoms with Gasteiger partial charge in [-0.1, -0.05) is 6.08 Å². The van der Waals surface area contributed by atoms with Crippen molar-refractivity contribution in [3.63, 3.8) is 0 Å². The molecule has 1 atom stereocenters. The number of hydrogen-bond acceptors (Lipinski definition) is 2. The van der Waals surface area contributed by atoms with Crippen LogP contribution in [0.3, 0.4) is 0 Å². The van der Waals surface area contributed by atoms with Gasteiger partial charge in [0.05, 0.1) is 13.2 Å². The maximum Gasteiger partial charge on any atom is 0.416 e. The molecule has 2 nitrogen and oxygen atoms in total. The molecule has 0 aromatic heterocycles. The van der Waals surface area contributed by atoms with Crippen molar-refractivity contribution in [3.05, 3.63) is 12.7 Å². The zero-order chi connectivity index (χ0) is 8.91. The van der Waals surface area contributed by atoms with Gasteiger partial charge in [-0.05, 0) is 0 Å². The lowest BCUT2D eigenvalue weighted by atomic mass is 10.4. The third-order valence-corrected chi connectivity index (χ3v) is 0.889. The highest BCUT2D eigenvalue weighted by Crippen LogP contribution is 2.19. The van der Waals surface area contributed by atoms with Gasteiger partial charge < -0.3 is 9.84 Å². The molecule has 0 radical (unpaired) electrons. The van der Waals surface area contributed by atoms with Gasteiger partial charge in [-0.3, -0.25) is 0 Å². The third-order valence-electron chi connectivity index (χ3n) is 0.889. The average Bonchev–Trinajstić information content (AvgIpc) is 1.86. The minimum Gasteiger partial charge on any atom is -0.382 e. The van der Waals surface area contributed by atoms with Crippen LogP contribution >= 0.6 is 0 Å². The van der Waals surface area contributed by atoms with Crippen LogP contribution < -0.4 is 0 Å². The predicted octanol–water partition coefficient (Wildman–Crippen LogP) is 1.11. The zero-order valence-electron chi connectivity index (χ0n) is 5.77. The molecule has 11 heavy (non-hydrogen) atoms. The highest BCUT2D eigenvalue weighted by molar-refractivity contribution is 4.67. The Morgan fingerprint density at radius 1 is 1.55 bits per heavy atom. The molecule has 0 aromatic rings. The van der Waals surface area contributed by atoms with E-state index < -0.39 is 18.9 Å². The van der Waals surface area contributed by atoms with Crippen LogP contribution in [0, 0.1) is 0 Å². The van der Waals surface area contributed by atoms with Crippen LogP contribution in [0.4, 0.5) is 13.2 Å². The predicted molar refractivity (Wildman–Crippen MR) is 33.1 cm³/mol. The number of alkyl halides is 3. The van der Waals surface area contributed by atoms with Gasteiger partial charge in [-0.25, -0.2) is 0 Å². The van der Waals surface area contributed by atoms with Crippen molar-refractivity contribution in [1.29, 1.82) is 0 Å². The van der Waals surface area contributed by atoms with Gasteiger partial charge in [0.25, 0.3) is 0 Å². The Balaban J connectivity index is 3.52. The van der Waals surface area contributed by atoms with Crippen molar-refractivity contribution in [2.75, 3.05) is 13.2 Å². The maximum absolute atomic E-state index is 11.5. The molecule has 0 saturated carbocycles. The highest BCUT2D eigenvalue weighted by Gasteiger charge is 2.38. The van der Waals surface area contributed by atoms with Gasteiger partial charge in [0, 0.05) is 0 Å². The average molecular weight is 170 g/mol. The molecule has 0 aromatic carbocycles. The van der Waals surface area contributed by atoms with Crippen LogP contribution in [0.1, 0.15) is 0 Å². The normalized spacial score (nSPS) is 14.5. The first-order valence-electron chi connectivity index (χ1n) is 2.92. The fourth-order valence-electron chi connectivity index (χ4n) is 0.357. The Bertz CT molecular complexity index is 121. The molecule has 0 amide bonds. The van der Waals surface area contributed by atoms with Gasteiger partial charge >= 0.3 is 6.18 Å². The van der Waals surface area contributed by atoms with Crippen LogP contribution in [0.25, 0.3) is 0 Å². The van der Waals surface area contributed by atoms with E-state index in [4.69, 9.17) is 5.11 Å². The van der Waals surface area contributed by atoms with Crippen molar-refractivity contribution < 1.29 is 23.0 Å².